The Bertz CT molecular complexity index is 958. The fourth-order valence-corrected chi connectivity index (χ4v) is 3.90. The highest BCUT2D eigenvalue weighted by atomic mass is 16.5. The standard InChI is InChI=1S/C21H24N6O2/c1-2-24-21(25-3-1)26-16-10-15(11-16)14-29-19-13-17(27-6-8-28-9-7-27)12-18-20(19)23-5-4-22-18/h1-5,12-13,15-16H,6-11,14H2,(H,24,25,26)/t15-,16-. The summed E-state index contributed by atoms with van der Waals surface area (Å²) in [5, 5.41) is 3.37. The zero-order valence-electron chi connectivity index (χ0n) is 16.2. The van der Waals surface area contributed by atoms with Crippen LogP contribution < -0.4 is 15.0 Å². The number of aromatic nitrogens is 4. The average molecular weight is 392 g/mol. The summed E-state index contributed by atoms with van der Waals surface area (Å²) in [6, 6.07) is 6.40. The van der Waals surface area contributed by atoms with E-state index in [-0.39, 0.29) is 0 Å². The van der Waals surface area contributed by atoms with Gasteiger partial charge >= 0.3 is 0 Å². The molecule has 5 rings (SSSR count). The number of nitrogens with zero attached hydrogens (tertiary/aromatic N) is 5. The molecule has 0 radical (unpaired) electrons. The lowest BCUT2D eigenvalue weighted by Gasteiger charge is -2.35. The molecule has 3 heterocycles. The van der Waals surface area contributed by atoms with Crippen LogP contribution in [0.25, 0.3) is 11.0 Å². The number of fused-ring (bicyclic) bond motifs is 1. The Hall–Kier alpha value is -3.00. The third-order valence-corrected chi connectivity index (χ3v) is 5.51. The molecule has 1 aliphatic carbocycles. The molecule has 0 bridgehead atoms. The van der Waals surface area contributed by atoms with Gasteiger partial charge in [0.2, 0.25) is 5.95 Å². The fraction of sp³-hybridized carbons (Fsp3) is 0.429. The first-order chi connectivity index (χ1) is 14.3. The van der Waals surface area contributed by atoms with Crippen LogP contribution in [-0.4, -0.2) is 58.9 Å². The van der Waals surface area contributed by atoms with Crippen LogP contribution in [0, 0.1) is 5.92 Å². The van der Waals surface area contributed by atoms with Crippen LogP contribution in [0.3, 0.4) is 0 Å². The summed E-state index contributed by atoms with van der Waals surface area (Å²) >= 11 is 0. The molecule has 0 unspecified atom stereocenters. The maximum Gasteiger partial charge on any atom is 0.222 e. The van der Waals surface area contributed by atoms with Gasteiger partial charge in [-0.2, -0.15) is 0 Å². The maximum atomic E-state index is 6.23. The summed E-state index contributed by atoms with van der Waals surface area (Å²) in [7, 11) is 0. The largest absolute Gasteiger partial charge is 0.491 e. The summed E-state index contributed by atoms with van der Waals surface area (Å²) < 4.78 is 11.7. The normalized spacial score (nSPS) is 21.6. The third kappa shape index (κ3) is 4.07. The van der Waals surface area contributed by atoms with Gasteiger partial charge in [-0.05, 0) is 30.9 Å². The van der Waals surface area contributed by atoms with Gasteiger partial charge in [0.15, 0.2) is 0 Å². The van der Waals surface area contributed by atoms with Crippen molar-refractivity contribution >= 4 is 22.7 Å². The maximum absolute atomic E-state index is 6.23. The number of ether oxygens (including phenoxy) is 2. The number of rotatable bonds is 6. The summed E-state index contributed by atoms with van der Waals surface area (Å²) in [6.45, 7) is 3.92. The first-order valence-corrected chi connectivity index (χ1v) is 10.1. The van der Waals surface area contributed by atoms with Gasteiger partial charge in [0.25, 0.3) is 0 Å². The van der Waals surface area contributed by atoms with Gasteiger partial charge in [0.1, 0.15) is 11.3 Å². The Kier molecular flexibility index (Phi) is 5.08. The molecule has 0 atom stereocenters. The topological polar surface area (TPSA) is 85.3 Å². The molecule has 2 fully saturated rings. The van der Waals surface area contributed by atoms with Crippen LogP contribution >= 0.6 is 0 Å². The monoisotopic (exact) mass is 392 g/mol. The second-order valence-electron chi connectivity index (χ2n) is 7.53. The van der Waals surface area contributed by atoms with Crippen molar-refractivity contribution in [3.8, 4) is 5.75 Å². The number of hydrogen-bond acceptors (Lipinski definition) is 8. The lowest BCUT2D eigenvalue weighted by molar-refractivity contribution is 0.122. The van der Waals surface area contributed by atoms with Gasteiger partial charge in [-0.25, -0.2) is 15.0 Å². The Balaban J connectivity index is 1.24. The van der Waals surface area contributed by atoms with Gasteiger partial charge in [-0.1, -0.05) is 0 Å². The lowest BCUT2D eigenvalue weighted by Crippen LogP contribution is -2.38. The van der Waals surface area contributed by atoms with Crippen LogP contribution in [0.4, 0.5) is 11.6 Å². The van der Waals surface area contributed by atoms with Crippen molar-refractivity contribution in [2.75, 3.05) is 43.1 Å². The predicted octanol–water partition coefficient (Wildman–Crippen LogP) is 2.53. The van der Waals surface area contributed by atoms with Crippen molar-refractivity contribution in [3.63, 3.8) is 0 Å². The van der Waals surface area contributed by atoms with Gasteiger partial charge in [0.05, 0.1) is 25.3 Å². The van der Waals surface area contributed by atoms with Gasteiger partial charge in [-0.15, -0.1) is 0 Å². The number of anilines is 2. The van der Waals surface area contributed by atoms with E-state index >= 15 is 0 Å². The quantitative estimate of drug-likeness (QED) is 0.685. The Morgan fingerprint density at radius 1 is 1.00 bits per heavy atom. The number of morpholine rings is 1. The summed E-state index contributed by atoms with van der Waals surface area (Å²) in [6.07, 6.45) is 9.04. The fourth-order valence-electron chi connectivity index (χ4n) is 3.90. The van der Waals surface area contributed by atoms with Crippen molar-refractivity contribution in [3.05, 3.63) is 43.0 Å². The molecule has 29 heavy (non-hydrogen) atoms. The lowest BCUT2D eigenvalue weighted by atomic mass is 9.81. The molecule has 1 saturated carbocycles. The van der Waals surface area contributed by atoms with Crippen molar-refractivity contribution in [1.82, 2.24) is 19.9 Å². The van der Waals surface area contributed by atoms with Crippen LogP contribution in [0.15, 0.2) is 43.0 Å². The summed E-state index contributed by atoms with van der Waals surface area (Å²) in [4.78, 5) is 19.8. The molecule has 0 amide bonds. The Labute approximate surface area is 169 Å². The van der Waals surface area contributed by atoms with E-state index in [1.807, 2.05) is 6.07 Å². The van der Waals surface area contributed by atoms with Crippen LogP contribution in [0.2, 0.25) is 0 Å². The van der Waals surface area contributed by atoms with Crippen molar-refractivity contribution < 1.29 is 9.47 Å². The van der Waals surface area contributed by atoms with Crippen molar-refractivity contribution in [2.45, 2.75) is 18.9 Å². The van der Waals surface area contributed by atoms with E-state index in [0.29, 0.717) is 24.5 Å². The average Bonchev–Trinajstić information content (AvgIpc) is 2.76. The molecule has 2 aromatic heterocycles. The Morgan fingerprint density at radius 3 is 2.62 bits per heavy atom. The van der Waals surface area contributed by atoms with E-state index < -0.39 is 0 Å². The molecule has 8 heteroatoms. The van der Waals surface area contributed by atoms with Gasteiger partial charge < -0.3 is 19.7 Å². The highest BCUT2D eigenvalue weighted by molar-refractivity contribution is 5.85. The minimum atomic E-state index is 0.405. The zero-order valence-corrected chi connectivity index (χ0v) is 16.2. The van der Waals surface area contributed by atoms with Crippen LogP contribution in [0.1, 0.15) is 12.8 Å². The highest BCUT2D eigenvalue weighted by Crippen LogP contribution is 2.33. The van der Waals surface area contributed by atoms with E-state index in [1.165, 1.54) is 0 Å². The minimum absolute atomic E-state index is 0.405. The molecule has 1 saturated heterocycles. The van der Waals surface area contributed by atoms with E-state index in [1.54, 1.807) is 24.8 Å². The smallest absolute Gasteiger partial charge is 0.222 e. The molecule has 150 valence electrons. The number of nitrogens with one attached hydrogen (secondary N) is 1. The second-order valence-corrected chi connectivity index (χ2v) is 7.53. The van der Waals surface area contributed by atoms with Crippen LogP contribution in [-0.2, 0) is 4.74 Å². The van der Waals surface area contributed by atoms with Crippen molar-refractivity contribution in [2.24, 2.45) is 5.92 Å². The number of benzene rings is 1. The molecule has 3 aromatic rings. The third-order valence-electron chi connectivity index (χ3n) is 5.51. The highest BCUT2D eigenvalue weighted by Gasteiger charge is 2.30. The molecule has 8 nitrogen and oxygen atoms in total. The van der Waals surface area contributed by atoms with E-state index in [4.69, 9.17) is 9.47 Å². The minimum Gasteiger partial charge on any atom is -0.491 e. The molecular weight excluding hydrogens is 368 g/mol. The first-order valence-electron chi connectivity index (χ1n) is 10.1. The summed E-state index contributed by atoms with van der Waals surface area (Å²) in [5.41, 5.74) is 2.79. The zero-order chi connectivity index (χ0) is 19.5. The first kappa shape index (κ1) is 18.1. The van der Waals surface area contributed by atoms with E-state index in [0.717, 1.165) is 61.6 Å². The summed E-state index contributed by atoms with van der Waals surface area (Å²) in [5.74, 6) is 2.01. The Morgan fingerprint density at radius 2 is 1.79 bits per heavy atom. The molecule has 1 aromatic carbocycles. The molecule has 0 spiro atoms. The number of hydrogen-bond donors (Lipinski definition) is 1. The van der Waals surface area contributed by atoms with Gasteiger partial charge in [0, 0.05) is 55.7 Å². The molecule has 1 N–H and O–H groups in total. The second kappa shape index (κ2) is 8.16. The predicted molar refractivity (Wildman–Crippen MR) is 110 cm³/mol. The van der Waals surface area contributed by atoms with Crippen molar-refractivity contribution in [1.29, 1.82) is 0 Å². The molecule has 1 aliphatic heterocycles. The van der Waals surface area contributed by atoms with E-state index in [2.05, 4.69) is 42.3 Å². The SMILES string of the molecule is c1cnc(N[C@H]2C[C@H](COc3cc(N4CCOCC4)cc4nccnc34)C2)nc1. The van der Waals surface area contributed by atoms with Crippen LogP contribution in [0.5, 0.6) is 5.75 Å². The van der Waals surface area contributed by atoms with E-state index in [9.17, 15) is 0 Å². The van der Waals surface area contributed by atoms with Gasteiger partial charge in [-0.3, -0.25) is 4.98 Å². The molecule has 2 aliphatic rings. The molecular formula is C21H24N6O2.